The molecule has 4 heteroatoms. The summed E-state index contributed by atoms with van der Waals surface area (Å²) in [5, 5.41) is 9.09. The highest BCUT2D eigenvalue weighted by atomic mass is 35.5. The van der Waals surface area contributed by atoms with Gasteiger partial charge in [-0.1, -0.05) is 11.6 Å². The molecule has 0 atom stereocenters. The second-order valence-electron chi connectivity index (χ2n) is 3.26. The molecule has 1 aromatic rings. The number of carbonyl (C=O) groups is 1. The SMILES string of the molecule is Cc1cc(C(=O)O)c(Cl)n1C(C)C. The Morgan fingerprint density at radius 3 is 2.38 bits per heavy atom. The summed E-state index contributed by atoms with van der Waals surface area (Å²) in [6, 6.07) is 1.77. The number of carboxylic acid groups (broad SMARTS) is 1. The van der Waals surface area contributed by atoms with Crippen LogP contribution in [0.1, 0.15) is 35.9 Å². The van der Waals surface area contributed by atoms with Gasteiger partial charge in [-0.2, -0.15) is 0 Å². The van der Waals surface area contributed by atoms with Gasteiger partial charge in [0.25, 0.3) is 0 Å². The first kappa shape index (κ1) is 10.1. The van der Waals surface area contributed by atoms with Crippen molar-refractivity contribution in [1.82, 2.24) is 4.57 Å². The third kappa shape index (κ3) is 1.70. The summed E-state index contributed by atoms with van der Waals surface area (Å²) in [5.41, 5.74) is 1.05. The number of hydrogen-bond acceptors (Lipinski definition) is 1. The van der Waals surface area contributed by atoms with E-state index in [4.69, 9.17) is 16.7 Å². The van der Waals surface area contributed by atoms with E-state index in [9.17, 15) is 4.79 Å². The van der Waals surface area contributed by atoms with E-state index >= 15 is 0 Å². The Bertz CT molecular complexity index is 342. The van der Waals surface area contributed by atoms with Crippen LogP contribution in [0.2, 0.25) is 5.15 Å². The molecule has 0 amide bonds. The van der Waals surface area contributed by atoms with Crippen LogP contribution < -0.4 is 0 Å². The molecular weight excluding hydrogens is 190 g/mol. The Morgan fingerprint density at radius 1 is 1.62 bits per heavy atom. The number of halogens is 1. The maximum absolute atomic E-state index is 10.7. The molecule has 72 valence electrons. The molecule has 0 radical (unpaired) electrons. The van der Waals surface area contributed by atoms with Gasteiger partial charge in [0.1, 0.15) is 5.15 Å². The highest BCUT2D eigenvalue weighted by molar-refractivity contribution is 6.32. The maximum Gasteiger partial charge on any atom is 0.338 e. The van der Waals surface area contributed by atoms with Gasteiger partial charge in [-0.15, -0.1) is 0 Å². The summed E-state index contributed by atoms with van der Waals surface area (Å²) in [5.74, 6) is -0.979. The van der Waals surface area contributed by atoms with Gasteiger partial charge in [-0.05, 0) is 26.8 Å². The minimum absolute atomic E-state index is 0.174. The Labute approximate surface area is 81.9 Å². The van der Waals surface area contributed by atoms with Gasteiger partial charge in [-0.3, -0.25) is 0 Å². The highest BCUT2D eigenvalue weighted by Crippen LogP contribution is 2.25. The Hall–Kier alpha value is -0.960. The Morgan fingerprint density at radius 2 is 2.15 bits per heavy atom. The van der Waals surface area contributed by atoms with Crippen LogP contribution in [0.25, 0.3) is 0 Å². The molecule has 1 N–H and O–H groups in total. The van der Waals surface area contributed by atoms with Crippen LogP contribution >= 0.6 is 11.6 Å². The first-order valence-corrected chi connectivity index (χ1v) is 4.43. The summed E-state index contributed by atoms with van der Waals surface area (Å²) in [4.78, 5) is 10.7. The van der Waals surface area contributed by atoms with Gasteiger partial charge in [-0.25, -0.2) is 4.79 Å². The predicted molar refractivity (Wildman–Crippen MR) is 51.5 cm³/mol. The van der Waals surface area contributed by atoms with E-state index in [2.05, 4.69) is 0 Å². The quantitative estimate of drug-likeness (QED) is 0.800. The smallest absolute Gasteiger partial charge is 0.338 e. The second kappa shape index (κ2) is 3.42. The van der Waals surface area contributed by atoms with Crippen molar-refractivity contribution in [3.63, 3.8) is 0 Å². The van der Waals surface area contributed by atoms with E-state index < -0.39 is 5.97 Å². The zero-order chi connectivity index (χ0) is 10.2. The van der Waals surface area contributed by atoms with Crippen molar-refractivity contribution in [3.05, 3.63) is 22.5 Å². The summed E-state index contributed by atoms with van der Waals surface area (Å²) in [6.07, 6.45) is 0. The second-order valence-corrected chi connectivity index (χ2v) is 3.62. The molecular formula is C9H12ClNO2. The molecule has 0 unspecified atom stereocenters. The van der Waals surface area contributed by atoms with Crippen molar-refractivity contribution in [2.45, 2.75) is 26.8 Å². The molecule has 0 aliphatic rings. The Kier molecular flexibility index (Phi) is 2.66. The minimum Gasteiger partial charge on any atom is -0.478 e. The van der Waals surface area contributed by atoms with Gasteiger partial charge in [0.05, 0.1) is 5.56 Å². The average molecular weight is 202 g/mol. The molecule has 0 saturated carbocycles. The van der Waals surface area contributed by atoms with Gasteiger partial charge in [0, 0.05) is 11.7 Å². The van der Waals surface area contributed by atoms with Crippen LogP contribution in [0.5, 0.6) is 0 Å². The topological polar surface area (TPSA) is 42.2 Å². The van der Waals surface area contributed by atoms with Crippen LogP contribution in [-0.2, 0) is 0 Å². The number of nitrogens with zero attached hydrogens (tertiary/aromatic N) is 1. The van der Waals surface area contributed by atoms with Crippen LogP contribution in [0.4, 0.5) is 0 Å². The van der Waals surface area contributed by atoms with Crippen molar-refractivity contribution in [3.8, 4) is 0 Å². The molecule has 0 aromatic carbocycles. The number of aryl methyl sites for hydroxylation is 1. The normalized spacial score (nSPS) is 10.8. The number of hydrogen-bond donors (Lipinski definition) is 1. The largest absolute Gasteiger partial charge is 0.478 e. The lowest BCUT2D eigenvalue weighted by atomic mass is 10.3. The lowest BCUT2D eigenvalue weighted by molar-refractivity contribution is 0.0697. The van der Waals surface area contributed by atoms with E-state index in [0.717, 1.165) is 5.69 Å². The van der Waals surface area contributed by atoms with Crippen molar-refractivity contribution in [2.75, 3.05) is 0 Å². The molecule has 0 bridgehead atoms. The molecule has 1 rings (SSSR count). The van der Waals surface area contributed by atoms with Crippen molar-refractivity contribution < 1.29 is 9.90 Å². The van der Waals surface area contributed by atoms with Gasteiger partial charge < -0.3 is 9.67 Å². The number of rotatable bonds is 2. The van der Waals surface area contributed by atoms with E-state index in [-0.39, 0.29) is 11.6 Å². The van der Waals surface area contributed by atoms with Crippen LogP contribution in [0.3, 0.4) is 0 Å². The minimum atomic E-state index is -0.979. The zero-order valence-corrected chi connectivity index (χ0v) is 8.59. The molecule has 13 heavy (non-hydrogen) atoms. The summed E-state index contributed by atoms with van der Waals surface area (Å²) >= 11 is 5.90. The van der Waals surface area contributed by atoms with E-state index in [1.807, 2.05) is 20.8 Å². The monoisotopic (exact) mass is 201 g/mol. The molecule has 0 aliphatic heterocycles. The molecule has 1 heterocycles. The average Bonchev–Trinajstić information content (AvgIpc) is 2.26. The summed E-state index contributed by atoms with van der Waals surface area (Å²) in [6.45, 7) is 5.77. The fourth-order valence-electron chi connectivity index (χ4n) is 1.41. The molecule has 0 spiro atoms. The first-order valence-electron chi connectivity index (χ1n) is 4.05. The number of aromatic carboxylic acids is 1. The van der Waals surface area contributed by atoms with Gasteiger partial charge in [0.15, 0.2) is 0 Å². The fraction of sp³-hybridized carbons (Fsp3) is 0.444. The number of aromatic nitrogens is 1. The molecule has 0 fully saturated rings. The summed E-state index contributed by atoms with van der Waals surface area (Å²) < 4.78 is 1.80. The third-order valence-corrected chi connectivity index (χ3v) is 2.30. The van der Waals surface area contributed by atoms with Crippen molar-refractivity contribution in [2.24, 2.45) is 0 Å². The van der Waals surface area contributed by atoms with Crippen LogP contribution in [0.15, 0.2) is 6.07 Å². The first-order chi connectivity index (χ1) is 5.95. The van der Waals surface area contributed by atoms with Gasteiger partial charge in [0.2, 0.25) is 0 Å². The van der Waals surface area contributed by atoms with E-state index in [1.165, 1.54) is 0 Å². The molecule has 1 aromatic heterocycles. The molecule has 3 nitrogen and oxygen atoms in total. The third-order valence-electron chi connectivity index (χ3n) is 1.91. The van der Waals surface area contributed by atoms with Crippen LogP contribution in [-0.4, -0.2) is 15.6 Å². The number of carboxylic acids is 1. The lowest BCUT2D eigenvalue weighted by Crippen LogP contribution is -2.03. The maximum atomic E-state index is 10.7. The fourth-order valence-corrected chi connectivity index (χ4v) is 1.87. The van der Waals surface area contributed by atoms with E-state index in [1.54, 1.807) is 10.6 Å². The standard InChI is InChI=1S/C9H12ClNO2/c1-5(2)11-6(3)4-7(8(11)10)9(12)13/h4-5H,1-3H3,(H,12,13). The van der Waals surface area contributed by atoms with Gasteiger partial charge >= 0.3 is 5.97 Å². The highest BCUT2D eigenvalue weighted by Gasteiger charge is 2.17. The van der Waals surface area contributed by atoms with Crippen LogP contribution in [0, 0.1) is 6.92 Å². The van der Waals surface area contributed by atoms with Crippen molar-refractivity contribution in [1.29, 1.82) is 0 Å². The molecule has 0 saturated heterocycles. The van der Waals surface area contributed by atoms with E-state index in [0.29, 0.717) is 5.15 Å². The van der Waals surface area contributed by atoms with Crippen molar-refractivity contribution >= 4 is 17.6 Å². The summed E-state index contributed by atoms with van der Waals surface area (Å²) in [7, 11) is 0. The predicted octanol–water partition coefficient (Wildman–Crippen LogP) is 2.73. The zero-order valence-electron chi connectivity index (χ0n) is 7.84. The Balaban J connectivity index is 3.30. The lowest BCUT2D eigenvalue weighted by Gasteiger charge is -2.11. The molecule has 0 aliphatic carbocycles.